The van der Waals surface area contributed by atoms with Gasteiger partial charge in [0.15, 0.2) is 0 Å². The molecule has 0 fully saturated rings. The van der Waals surface area contributed by atoms with Crippen molar-refractivity contribution in [3.63, 3.8) is 0 Å². The number of benzene rings is 1. The van der Waals surface area contributed by atoms with Crippen LogP contribution in [0.15, 0.2) is 24.3 Å². The van der Waals surface area contributed by atoms with Gasteiger partial charge < -0.3 is 10.1 Å². The van der Waals surface area contributed by atoms with Gasteiger partial charge >= 0.3 is 0 Å². The molecule has 1 aliphatic heterocycles. The van der Waals surface area contributed by atoms with Crippen LogP contribution >= 0.6 is 0 Å². The van der Waals surface area contributed by atoms with Crippen molar-refractivity contribution in [1.29, 1.82) is 0 Å². The van der Waals surface area contributed by atoms with Crippen molar-refractivity contribution in [2.45, 2.75) is 39.0 Å². The summed E-state index contributed by atoms with van der Waals surface area (Å²) in [5.41, 5.74) is 3.64. The Kier molecular flexibility index (Phi) is 3.86. The summed E-state index contributed by atoms with van der Waals surface area (Å²) in [7, 11) is 1.71. The Morgan fingerprint density at radius 3 is 2.76 bits per heavy atom. The molecule has 0 spiro atoms. The van der Waals surface area contributed by atoms with E-state index in [-0.39, 0.29) is 0 Å². The molecule has 0 radical (unpaired) electrons. The summed E-state index contributed by atoms with van der Waals surface area (Å²) in [5, 5.41) is 8.41. The topological polar surface area (TPSA) is 39.1 Å². The maximum absolute atomic E-state index is 5.49. The fraction of sp³-hybridized carbons (Fsp3) is 0.471. The lowest BCUT2D eigenvalue weighted by molar-refractivity contribution is 0.411. The number of ether oxygens (including phenoxy) is 1. The first-order chi connectivity index (χ1) is 10.3. The number of methoxy groups -OCH3 is 1. The molecule has 0 amide bonds. The molecule has 0 aliphatic carbocycles. The number of anilines is 1. The first-order valence-electron chi connectivity index (χ1n) is 7.79. The second kappa shape index (κ2) is 5.80. The van der Waals surface area contributed by atoms with E-state index in [4.69, 9.17) is 9.84 Å². The molecule has 1 aliphatic rings. The van der Waals surface area contributed by atoms with Gasteiger partial charge in [-0.05, 0) is 31.4 Å². The summed E-state index contributed by atoms with van der Waals surface area (Å²) >= 11 is 0. The van der Waals surface area contributed by atoms with E-state index in [0.717, 1.165) is 43.1 Å². The van der Waals surface area contributed by atoms with Crippen molar-refractivity contribution in [2.75, 3.05) is 19.0 Å². The van der Waals surface area contributed by atoms with Crippen LogP contribution in [-0.2, 0) is 6.42 Å². The zero-order valence-electron chi connectivity index (χ0n) is 13.0. The average Bonchev–Trinajstić information content (AvgIpc) is 3.12. The highest BCUT2D eigenvalue weighted by Gasteiger charge is 2.27. The third-order valence-electron chi connectivity index (χ3n) is 4.37. The summed E-state index contributed by atoms with van der Waals surface area (Å²) < 4.78 is 7.52. The van der Waals surface area contributed by atoms with E-state index in [1.807, 2.05) is 22.9 Å². The average molecular weight is 285 g/mol. The molecule has 21 heavy (non-hydrogen) atoms. The van der Waals surface area contributed by atoms with Crippen LogP contribution in [0.3, 0.4) is 0 Å². The van der Waals surface area contributed by atoms with Crippen molar-refractivity contribution < 1.29 is 4.74 Å². The molecule has 112 valence electrons. The lowest BCUT2D eigenvalue weighted by Crippen LogP contribution is -2.07. The number of aromatic nitrogens is 2. The van der Waals surface area contributed by atoms with E-state index < -0.39 is 0 Å². The number of fused-ring (bicyclic) bond motifs is 1. The minimum atomic E-state index is 0.537. The molecule has 2 heterocycles. The monoisotopic (exact) mass is 285 g/mol. The molecule has 0 bridgehead atoms. The van der Waals surface area contributed by atoms with Crippen LogP contribution in [0.25, 0.3) is 5.69 Å². The lowest BCUT2D eigenvalue weighted by atomic mass is 9.96. The Balaban J connectivity index is 2.14. The number of hydrogen-bond acceptors (Lipinski definition) is 3. The summed E-state index contributed by atoms with van der Waals surface area (Å²) in [6.45, 7) is 5.48. The summed E-state index contributed by atoms with van der Waals surface area (Å²) in [6, 6.07) is 8.05. The quantitative estimate of drug-likeness (QED) is 0.909. The molecular formula is C17H23N3O. The Morgan fingerprint density at radius 1 is 1.29 bits per heavy atom. The van der Waals surface area contributed by atoms with Crippen LogP contribution in [0.1, 0.15) is 43.9 Å². The molecule has 4 nitrogen and oxygen atoms in total. The van der Waals surface area contributed by atoms with E-state index in [1.54, 1.807) is 7.11 Å². The fourth-order valence-corrected chi connectivity index (χ4v) is 3.18. The molecule has 0 unspecified atom stereocenters. The van der Waals surface area contributed by atoms with Crippen LogP contribution in [0, 0.1) is 0 Å². The van der Waals surface area contributed by atoms with Crippen LogP contribution < -0.4 is 10.1 Å². The highest BCUT2D eigenvalue weighted by Crippen LogP contribution is 2.36. The van der Waals surface area contributed by atoms with E-state index in [1.165, 1.54) is 11.3 Å². The van der Waals surface area contributed by atoms with Gasteiger partial charge in [-0.15, -0.1) is 0 Å². The second-order valence-corrected chi connectivity index (χ2v) is 5.49. The van der Waals surface area contributed by atoms with Gasteiger partial charge in [0.25, 0.3) is 0 Å². The van der Waals surface area contributed by atoms with Gasteiger partial charge in [-0.2, -0.15) is 5.10 Å². The SMILES string of the molecule is CCC(CC)c1nn(-c2ccccc2OC)c2c1CCN2. The Hall–Kier alpha value is -1.97. The van der Waals surface area contributed by atoms with Gasteiger partial charge in [-0.1, -0.05) is 26.0 Å². The van der Waals surface area contributed by atoms with Gasteiger partial charge in [0, 0.05) is 18.0 Å². The molecule has 0 saturated carbocycles. The lowest BCUT2D eigenvalue weighted by Gasteiger charge is -2.12. The maximum Gasteiger partial charge on any atom is 0.144 e. The van der Waals surface area contributed by atoms with Crippen LogP contribution in [0.2, 0.25) is 0 Å². The van der Waals surface area contributed by atoms with Crippen molar-refractivity contribution in [3.05, 3.63) is 35.5 Å². The van der Waals surface area contributed by atoms with Gasteiger partial charge in [0.05, 0.1) is 12.8 Å². The molecule has 4 heteroatoms. The summed E-state index contributed by atoms with van der Waals surface area (Å²) in [6.07, 6.45) is 3.33. The van der Waals surface area contributed by atoms with Crippen molar-refractivity contribution in [1.82, 2.24) is 9.78 Å². The van der Waals surface area contributed by atoms with Crippen LogP contribution in [-0.4, -0.2) is 23.4 Å². The molecule has 1 aromatic carbocycles. The molecule has 3 rings (SSSR count). The molecule has 1 aromatic heterocycles. The zero-order chi connectivity index (χ0) is 14.8. The predicted molar refractivity (Wildman–Crippen MR) is 85.6 cm³/mol. The number of rotatable bonds is 5. The first-order valence-corrected chi connectivity index (χ1v) is 7.79. The molecule has 1 N–H and O–H groups in total. The van der Waals surface area contributed by atoms with Crippen LogP contribution in [0.4, 0.5) is 5.82 Å². The highest BCUT2D eigenvalue weighted by atomic mass is 16.5. The van der Waals surface area contributed by atoms with E-state index in [0.29, 0.717) is 5.92 Å². The van der Waals surface area contributed by atoms with Crippen molar-refractivity contribution in [2.24, 2.45) is 0 Å². The van der Waals surface area contributed by atoms with E-state index in [9.17, 15) is 0 Å². The first kappa shape index (κ1) is 14.0. The molecular weight excluding hydrogens is 262 g/mol. The Labute approximate surface area is 126 Å². The standard InChI is InChI=1S/C17H23N3O/c1-4-12(5-2)16-13-10-11-18-17(13)20(19-16)14-8-6-7-9-15(14)21-3/h6-9,12,18H,4-5,10-11H2,1-3H3. The zero-order valence-corrected chi connectivity index (χ0v) is 13.0. The van der Waals surface area contributed by atoms with Gasteiger partial charge in [-0.25, -0.2) is 4.68 Å². The molecule has 0 saturated heterocycles. The number of hydrogen-bond donors (Lipinski definition) is 1. The molecule has 0 atom stereocenters. The molecule has 2 aromatic rings. The largest absolute Gasteiger partial charge is 0.494 e. The van der Waals surface area contributed by atoms with Gasteiger partial charge in [0.2, 0.25) is 0 Å². The number of nitrogens with one attached hydrogen (secondary N) is 1. The van der Waals surface area contributed by atoms with Crippen LogP contribution in [0.5, 0.6) is 5.75 Å². The van der Waals surface area contributed by atoms with Gasteiger partial charge in [-0.3, -0.25) is 0 Å². The third kappa shape index (κ3) is 2.28. The summed E-state index contributed by atoms with van der Waals surface area (Å²) in [5.74, 6) is 2.53. The van der Waals surface area contributed by atoms with Gasteiger partial charge in [0.1, 0.15) is 17.3 Å². The highest BCUT2D eigenvalue weighted by molar-refractivity contribution is 5.60. The Morgan fingerprint density at radius 2 is 2.05 bits per heavy atom. The fourth-order valence-electron chi connectivity index (χ4n) is 3.18. The van der Waals surface area contributed by atoms with Crippen molar-refractivity contribution in [3.8, 4) is 11.4 Å². The summed E-state index contributed by atoms with van der Waals surface area (Å²) in [4.78, 5) is 0. The van der Waals surface area contributed by atoms with E-state index >= 15 is 0 Å². The maximum atomic E-state index is 5.49. The normalized spacial score (nSPS) is 13.3. The van der Waals surface area contributed by atoms with E-state index in [2.05, 4.69) is 25.2 Å². The third-order valence-corrected chi connectivity index (χ3v) is 4.37. The minimum absolute atomic E-state index is 0.537. The second-order valence-electron chi connectivity index (χ2n) is 5.49. The smallest absolute Gasteiger partial charge is 0.144 e. The van der Waals surface area contributed by atoms with Crippen molar-refractivity contribution >= 4 is 5.82 Å². The predicted octanol–water partition coefficient (Wildman–Crippen LogP) is 3.75. The number of para-hydroxylation sites is 2. The number of nitrogens with zero attached hydrogens (tertiary/aromatic N) is 2. The Bertz CT molecular complexity index is 629. The minimum Gasteiger partial charge on any atom is -0.494 e.